The lowest BCUT2D eigenvalue weighted by Crippen LogP contribution is -2.08. The molecule has 3 rings (SSSR count). The van der Waals surface area contributed by atoms with E-state index in [0.29, 0.717) is 32.9 Å². The van der Waals surface area contributed by atoms with Crippen LogP contribution in [0.1, 0.15) is 12.7 Å². The molecule has 2 aromatic carbocycles. The summed E-state index contributed by atoms with van der Waals surface area (Å²) in [5.74, 6) is 0.647. The fourth-order valence-electron chi connectivity index (χ4n) is 2.48. The molecule has 0 atom stereocenters. The fraction of sp³-hybridized carbons (Fsp3) is 0.0476. The van der Waals surface area contributed by atoms with Crippen LogP contribution in [0.25, 0.3) is 17.4 Å². The summed E-state index contributed by atoms with van der Waals surface area (Å²) in [4.78, 5) is 23.1. The van der Waals surface area contributed by atoms with Gasteiger partial charge in [-0.2, -0.15) is 0 Å². The van der Waals surface area contributed by atoms with E-state index in [2.05, 4.69) is 10.6 Å². The number of anilines is 2. The summed E-state index contributed by atoms with van der Waals surface area (Å²) in [6, 6.07) is 15.5. The lowest BCUT2D eigenvalue weighted by atomic mass is 10.2. The maximum Gasteiger partial charge on any atom is 0.248 e. The molecule has 0 saturated heterocycles. The molecule has 142 valence electrons. The Morgan fingerprint density at radius 2 is 1.50 bits per heavy atom. The van der Waals surface area contributed by atoms with Crippen molar-refractivity contribution >= 4 is 52.5 Å². The molecule has 0 bridgehead atoms. The quantitative estimate of drug-likeness (QED) is 0.513. The summed E-state index contributed by atoms with van der Waals surface area (Å²) in [6.07, 6.45) is 2.94. The van der Waals surface area contributed by atoms with Crippen LogP contribution in [0.4, 0.5) is 11.4 Å². The number of furan rings is 1. The van der Waals surface area contributed by atoms with Crippen LogP contribution in [0.15, 0.2) is 65.1 Å². The van der Waals surface area contributed by atoms with Crippen molar-refractivity contribution in [3.05, 3.63) is 76.5 Å². The van der Waals surface area contributed by atoms with Gasteiger partial charge in [-0.25, -0.2) is 0 Å². The Morgan fingerprint density at radius 3 is 2.11 bits per heavy atom. The van der Waals surface area contributed by atoms with Crippen molar-refractivity contribution in [3.63, 3.8) is 0 Å². The second kappa shape index (κ2) is 8.78. The van der Waals surface area contributed by atoms with Crippen molar-refractivity contribution in [3.8, 4) is 11.3 Å². The van der Waals surface area contributed by atoms with Gasteiger partial charge in [0.2, 0.25) is 11.8 Å². The number of carbonyl (C=O) groups excluding carboxylic acids is 2. The van der Waals surface area contributed by atoms with Crippen LogP contribution in [0.3, 0.4) is 0 Å². The monoisotopic (exact) mass is 414 g/mol. The largest absolute Gasteiger partial charge is 0.457 e. The number of amides is 2. The van der Waals surface area contributed by atoms with Crippen LogP contribution >= 0.6 is 23.2 Å². The van der Waals surface area contributed by atoms with Gasteiger partial charge in [-0.15, -0.1) is 0 Å². The van der Waals surface area contributed by atoms with Gasteiger partial charge in [-0.05, 0) is 60.7 Å². The Balaban J connectivity index is 1.63. The maximum atomic E-state index is 12.1. The predicted molar refractivity (Wildman–Crippen MR) is 113 cm³/mol. The average Bonchev–Trinajstić information content (AvgIpc) is 3.09. The molecule has 1 aromatic heterocycles. The number of halogens is 2. The molecule has 28 heavy (non-hydrogen) atoms. The first-order valence-corrected chi connectivity index (χ1v) is 9.08. The second-order valence-corrected chi connectivity index (χ2v) is 6.81. The molecule has 3 aromatic rings. The van der Waals surface area contributed by atoms with Gasteiger partial charge in [-0.3, -0.25) is 9.59 Å². The van der Waals surface area contributed by atoms with Crippen LogP contribution < -0.4 is 10.6 Å². The number of benzene rings is 2. The highest BCUT2D eigenvalue weighted by Crippen LogP contribution is 2.28. The van der Waals surface area contributed by atoms with E-state index in [0.717, 1.165) is 5.56 Å². The zero-order valence-electron chi connectivity index (χ0n) is 14.8. The molecule has 0 aliphatic rings. The predicted octanol–water partition coefficient (Wildman–Crippen LogP) is 5.86. The molecule has 0 aliphatic carbocycles. The zero-order chi connectivity index (χ0) is 20.1. The minimum absolute atomic E-state index is 0.155. The number of carbonyl (C=O) groups is 2. The highest BCUT2D eigenvalue weighted by atomic mass is 35.5. The van der Waals surface area contributed by atoms with E-state index in [4.69, 9.17) is 27.6 Å². The third-order valence-corrected chi connectivity index (χ3v) is 4.08. The van der Waals surface area contributed by atoms with E-state index in [1.165, 1.54) is 13.0 Å². The number of nitrogens with one attached hydrogen (secondary N) is 2. The van der Waals surface area contributed by atoms with E-state index < -0.39 is 0 Å². The Bertz CT molecular complexity index is 1020. The van der Waals surface area contributed by atoms with Crippen molar-refractivity contribution < 1.29 is 14.0 Å². The molecule has 5 nitrogen and oxygen atoms in total. The topological polar surface area (TPSA) is 71.3 Å². The number of hydrogen-bond acceptors (Lipinski definition) is 3. The van der Waals surface area contributed by atoms with Gasteiger partial charge in [-0.1, -0.05) is 23.2 Å². The van der Waals surface area contributed by atoms with Crippen molar-refractivity contribution in [2.75, 3.05) is 10.6 Å². The highest BCUT2D eigenvalue weighted by molar-refractivity contribution is 6.35. The summed E-state index contributed by atoms with van der Waals surface area (Å²) < 4.78 is 5.71. The van der Waals surface area contributed by atoms with Crippen molar-refractivity contribution in [1.82, 2.24) is 0 Å². The lowest BCUT2D eigenvalue weighted by molar-refractivity contribution is -0.114. The minimum atomic E-state index is -0.309. The number of rotatable bonds is 5. The van der Waals surface area contributed by atoms with Crippen LogP contribution in [0, 0.1) is 0 Å². The summed E-state index contributed by atoms with van der Waals surface area (Å²) in [7, 11) is 0. The smallest absolute Gasteiger partial charge is 0.248 e. The first-order valence-electron chi connectivity index (χ1n) is 8.32. The summed E-state index contributed by atoms with van der Waals surface area (Å²) in [5.41, 5.74) is 2.02. The molecule has 0 saturated carbocycles. The van der Waals surface area contributed by atoms with Gasteiger partial charge >= 0.3 is 0 Å². The van der Waals surface area contributed by atoms with Crippen molar-refractivity contribution in [2.24, 2.45) is 0 Å². The Labute approximate surface area is 172 Å². The van der Waals surface area contributed by atoms with Crippen LogP contribution in [0.2, 0.25) is 10.0 Å². The van der Waals surface area contributed by atoms with Crippen molar-refractivity contribution in [2.45, 2.75) is 6.92 Å². The number of hydrogen-bond donors (Lipinski definition) is 2. The van der Waals surface area contributed by atoms with E-state index in [1.807, 2.05) is 0 Å². The fourth-order valence-corrected chi connectivity index (χ4v) is 3.00. The Hall–Kier alpha value is -3.02. The SMILES string of the molecule is CC(=O)Nc1ccc(NC(=O)/C=C/c2ccc(-c3cc(Cl)cc(Cl)c3)o2)cc1. The standard InChI is InChI=1S/C21H16Cl2N2O3/c1-13(26)24-17-2-4-18(5-3-17)25-21(27)9-7-19-6-8-20(28-19)14-10-15(22)12-16(23)11-14/h2-12H,1H3,(H,24,26)(H,25,27)/b9-7+. The highest BCUT2D eigenvalue weighted by Gasteiger charge is 2.06. The van der Waals surface area contributed by atoms with Crippen LogP contribution in [-0.2, 0) is 9.59 Å². The second-order valence-electron chi connectivity index (χ2n) is 5.94. The molecule has 0 spiro atoms. The minimum Gasteiger partial charge on any atom is -0.457 e. The molecule has 2 amide bonds. The molecular weight excluding hydrogens is 399 g/mol. The summed E-state index contributed by atoms with van der Waals surface area (Å²) in [6.45, 7) is 1.43. The van der Waals surface area contributed by atoms with E-state index >= 15 is 0 Å². The Kier molecular flexibility index (Phi) is 6.19. The third-order valence-electron chi connectivity index (χ3n) is 3.65. The maximum absolute atomic E-state index is 12.1. The average molecular weight is 415 g/mol. The van der Waals surface area contributed by atoms with Crippen LogP contribution in [0.5, 0.6) is 0 Å². The van der Waals surface area contributed by atoms with Gasteiger partial charge in [0, 0.05) is 40.0 Å². The third kappa shape index (κ3) is 5.49. The summed E-state index contributed by atoms with van der Waals surface area (Å²) >= 11 is 12.0. The normalized spacial score (nSPS) is 10.8. The van der Waals surface area contributed by atoms with E-state index in [1.54, 1.807) is 60.7 Å². The first kappa shape index (κ1) is 19.7. The molecule has 7 heteroatoms. The van der Waals surface area contributed by atoms with E-state index in [-0.39, 0.29) is 11.8 Å². The summed E-state index contributed by atoms with van der Waals surface area (Å²) in [5, 5.41) is 6.42. The Morgan fingerprint density at radius 1 is 0.893 bits per heavy atom. The van der Waals surface area contributed by atoms with Gasteiger partial charge in [0.15, 0.2) is 0 Å². The molecule has 0 aliphatic heterocycles. The van der Waals surface area contributed by atoms with Crippen LogP contribution in [-0.4, -0.2) is 11.8 Å². The van der Waals surface area contributed by atoms with Gasteiger partial charge in [0.1, 0.15) is 11.5 Å². The lowest BCUT2D eigenvalue weighted by Gasteiger charge is -2.05. The molecule has 0 fully saturated rings. The first-order chi connectivity index (χ1) is 13.4. The van der Waals surface area contributed by atoms with E-state index in [9.17, 15) is 9.59 Å². The van der Waals surface area contributed by atoms with Gasteiger partial charge < -0.3 is 15.1 Å². The van der Waals surface area contributed by atoms with Crippen molar-refractivity contribution in [1.29, 1.82) is 0 Å². The molecule has 1 heterocycles. The van der Waals surface area contributed by atoms with Gasteiger partial charge in [0.05, 0.1) is 0 Å². The molecule has 0 unspecified atom stereocenters. The zero-order valence-corrected chi connectivity index (χ0v) is 16.3. The van der Waals surface area contributed by atoms with Gasteiger partial charge in [0.25, 0.3) is 0 Å². The molecule has 2 N–H and O–H groups in total. The molecule has 0 radical (unpaired) electrons. The molecular formula is C21H16Cl2N2O3.